The Hall–Kier alpha value is -0.120. The largest absolute Gasteiger partial charge is 0.376 e. The van der Waals surface area contributed by atoms with Gasteiger partial charge in [-0.25, -0.2) is 0 Å². The summed E-state index contributed by atoms with van der Waals surface area (Å²) in [6.07, 6.45) is 8.25. The summed E-state index contributed by atoms with van der Waals surface area (Å²) in [7, 11) is 0. The van der Waals surface area contributed by atoms with Gasteiger partial charge in [-0.2, -0.15) is 0 Å². The number of fused-ring (bicyclic) bond motifs is 2. The van der Waals surface area contributed by atoms with Crippen molar-refractivity contribution in [1.82, 2.24) is 0 Å². The van der Waals surface area contributed by atoms with Crippen molar-refractivity contribution >= 4 is 0 Å². The predicted octanol–water partition coefficient (Wildman–Crippen LogP) is 1.89. The van der Waals surface area contributed by atoms with E-state index in [1.165, 1.54) is 12.8 Å². The molecule has 0 aliphatic carbocycles. The molecule has 3 aliphatic heterocycles. The molecule has 3 saturated heterocycles. The third-order valence-corrected chi connectivity index (χ3v) is 3.84. The normalized spacial score (nSPS) is 46.4. The highest BCUT2D eigenvalue weighted by Gasteiger charge is 2.37. The smallest absolute Gasteiger partial charge is 0.0842 e. The van der Waals surface area contributed by atoms with E-state index < -0.39 is 0 Å². The van der Waals surface area contributed by atoms with E-state index in [-0.39, 0.29) is 0 Å². The molecular formula is C12H20O3. The highest BCUT2D eigenvalue weighted by molar-refractivity contribution is 4.86. The van der Waals surface area contributed by atoms with E-state index in [1.807, 2.05) is 0 Å². The summed E-state index contributed by atoms with van der Waals surface area (Å²) in [5, 5.41) is 0. The monoisotopic (exact) mass is 212 g/mol. The maximum Gasteiger partial charge on any atom is 0.0842 e. The molecule has 0 bridgehead atoms. The molecule has 0 unspecified atom stereocenters. The molecule has 3 rings (SSSR count). The summed E-state index contributed by atoms with van der Waals surface area (Å²) in [5.74, 6) is 0. The number of rotatable bonds is 0. The van der Waals surface area contributed by atoms with Crippen LogP contribution >= 0.6 is 0 Å². The molecule has 0 radical (unpaired) electrons. The summed E-state index contributed by atoms with van der Waals surface area (Å²) < 4.78 is 17.7. The Morgan fingerprint density at radius 3 is 1.67 bits per heavy atom. The van der Waals surface area contributed by atoms with Gasteiger partial charge >= 0.3 is 0 Å². The minimum atomic E-state index is 0.341. The predicted molar refractivity (Wildman–Crippen MR) is 55.8 cm³/mol. The fraction of sp³-hybridized carbons (Fsp3) is 1.00. The van der Waals surface area contributed by atoms with Gasteiger partial charge in [-0.3, -0.25) is 0 Å². The molecule has 3 aliphatic rings. The van der Waals surface area contributed by atoms with Crippen molar-refractivity contribution in [1.29, 1.82) is 0 Å². The summed E-state index contributed by atoms with van der Waals surface area (Å²) in [6.45, 7) is 1.83. The van der Waals surface area contributed by atoms with Gasteiger partial charge in [0, 0.05) is 13.2 Å². The molecule has 3 heteroatoms. The van der Waals surface area contributed by atoms with Crippen LogP contribution in [0.2, 0.25) is 0 Å². The lowest BCUT2D eigenvalue weighted by molar-refractivity contribution is -0.155. The van der Waals surface area contributed by atoms with E-state index in [4.69, 9.17) is 14.2 Å². The average molecular weight is 212 g/mol. The number of ether oxygens (including phenoxy) is 3. The summed E-state index contributed by atoms with van der Waals surface area (Å²) in [6, 6.07) is 0. The summed E-state index contributed by atoms with van der Waals surface area (Å²) in [4.78, 5) is 0. The number of hydrogen-bond acceptors (Lipinski definition) is 3. The van der Waals surface area contributed by atoms with Crippen LogP contribution in [0.1, 0.15) is 38.5 Å². The maximum atomic E-state index is 6.17. The van der Waals surface area contributed by atoms with Gasteiger partial charge in [-0.05, 0) is 38.5 Å². The molecule has 4 atom stereocenters. The van der Waals surface area contributed by atoms with Crippen molar-refractivity contribution in [3.05, 3.63) is 0 Å². The van der Waals surface area contributed by atoms with Gasteiger partial charge in [-0.15, -0.1) is 0 Å². The second-order valence-corrected chi connectivity index (χ2v) is 4.89. The molecule has 86 valence electrons. The molecule has 0 saturated carbocycles. The zero-order valence-corrected chi connectivity index (χ0v) is 9.19. The average Bonchev–Trinajstić information content (AvgIpc) is 2.48. The molecule has 3 heterocycles. The first-order valence-electron chi connectivity index (χ1n) is 6.32. The molecule has 0 spiro atoms. The second-order valence-electron chi connectivity index (χ2n) is 4.89. The highest BCUT2D eigenvalue weighted by atomic mass is 16.6. The first-order chi connectivity index (χ1) is 7.43. The molecule has 3 nitrogen and oxygen atoms in total. The molecule has 0 aromatic carbocycles. The van der Waals surface area contributed by atoms with E-state index in [9.17, 15) is 0 Å². The SMILES string of the molecule is C1CO[C@H]2CC[C@@H]3OCCC[C@H]3O[C@H]2C1. The van der Waals surface area contributed by atoms with Crippen LogP contribution in [-0.2, 0) is 14.2 Å². The Balaban J connectivity index is 1.70. The lowest BCUT2D eigenvalue weighted by Gasteiger charge is -2.34. The van der Waals surface area contributed by atoms with Crippen LogP contribution < -0.4 is 0 Å². The van der Waals surface area contributed by atoms with Crippen LogP contribution in [0.15, 0.2) is 0 Å². The molecule has 0 amide bonds. The van der Waals surface area contributed by atoms with Gasteiger partial charge in [0.25, 0.3) is 0 Å². The van der Waals surface area contributed by atoms with E-state index >= 15 is 0 Å². The van der Waals surface area contributed by atoms with Gasteiger partial charge in [0.1, 0.15) is 0 Å². The Kier molecular flexibility index (Phi) is 2.95. The fourth-order valence-corrected chi connectivity index (χ4v) is 3.03. The quantitative estimate of drug-likeness (QED) is 0.613. The van der Waals surface area contributed by atoms with Crippen LogP contribution in [0.25, 0.3) is 0 Å². The van der Waals surface area contributed by atoms with Gasteiger partial charge < -0.3 is 14.2 Å². The molecule has 3 fully saturated rings. The fourth-order valence-electron chi connectivity index (χ4n) is 3.03. The van der Waals surface area contributed by atoms with Gasteiger partial charge in [0.15, 0.2) is 0 Å². The third-order valence-electron chi connectivity index (χ3n) is 3.84. The van der Waals surface area contributed by atoms with Crippen LogP contribution in [0, 0.1) is 0 Å². The van der Waals surface area contributed by atoms with Gasteiger partial charge in [0.05, 0.1) is 24.4 Å². The Morgan fingerprint density at radius 1 is 0.600 bits per heavy atom. The standard InChI is InChI=1S/C12H20O3/c1-3-11-9(13-7-1)5-6-10-12(15-11)4-2-8-14-10/h9-12H,1-8H2/t9-,10-,11-,12+/m0/s1. The minimum absolute atomic E-state index is 0.341. The van der Waals surface area contributed by atoms with Crippen molar-refractivity contribution in [3.8, 4) is 0 Å². The third kappa shape index (κ3) is 2.05. The van der Waals surface area contributed by atoms with Crippen molar-refractivity contribution < 1.29 is 14.2 Å². The van der Waals surface area contributed by atoms with E-state index in [0.29, 0.717) is 24.4 Å². The van der Waals surface area contributed by atoms with Gasteiger partial charge in [0.2, 0.25) is 0 Å². The molecule has 0 aromatic heterocycles. The second kappa shape index (κ2) is 4.40. The molecule has 0 aromatic rings. The number of hydrogen-bond donors (Lipinski definition) is 0. The van der Waals surface area contributed by atoms with Crippen LogP contribution in [-0.4, -0.2) is 37.6 Å². The molecular weight excluding hydrogens is 192 g/mol. The Labute approximate surface area is 91.1 Å². The van der Waals surface area contributed by atoms with Crippen molar-refractivity contribution in [2.24, 2.45) is 0 Å². The zero-order chi connectivity index (χ0) is 10.1. The minimum Gasteiger partial charge on any atom is -0.376 e. The Morgan fingerprint density at radius 2 is 1.13 bits per heavy atom. The van der Waals surface area contributed by atoms with Crippen molar-refractivity contribution in [2.45, 2.75) is 62.9 Å². The van der Waals surface area contributed by atoms with E-state index in [2.05, 4.69) is 0 Å². The lowest BCUT2D eigenvalue weighted by atomic mass is 9.99. The summed E-state index contributed by atoms with van der Waals surface area (Å²) >= 11 is 0. The first-order valence-corrected chi connectivity index (χ1v) is 6.32. The lowest BCUT2D eigenvalue weighted by Crippen LogP contribution is -2.40. The van der Waals surface area contributed by atoms with Crippen LogP contribution in [0.5, 0.6) is 0 Å². The summed E-state index contributed by atoms with van der Waals surface area (Å²) in [5.41, 5.74) is 0. The van der Waals surface area contributed by atoms with Crippen LogP contribution in [0.4, 0.5) is 0 Å². The van der Waals surface area contributed by atoms with Crippen molar-refractivity contribution in [3.63, 3.8) is 0 Å². The highest BCUT2D eigenvalue weighted by Crippen LogP contribution is 2.32. The first kappa shape index (κ1) is 10.1. The van der Waals surface area contributed by atoms with Crippen LogP contribution in [0.3, 0.4) is 0 Å². The van der Waals surface area contributed by atoms with E-state index in [1.54, 1.807) is 0 Å². The molecule has 15 heavy (non-hydrogen) atoms. The Bertz CT molecular complexity index is 197. The maximum absolute atomic E-state index is 6.17. The van der Waals surface area contributed by atoms with Crippen molar-refractivity contribution in [2.75, 3.05) is 13.2 Å². The topological polar surface area (TPSA) is 27.7 Å². The van der Waals surface area contributed by atoms with Gasteiger partial charge in [-0.1, -0.05) is 0 Å². The van der Waals surface area contributed by atoms with E-state index in [0.717, 1.165) is 38.9 Å². The zero-order valence-electron chi connectivity index (χ0n) is 9.19. The molecule has 0 N–H and O–H groups in total.